The summed E-state index contributed by atoms with van der Waals surface area (Å²) in [5, 5.41) is 3.73. The van der Waals surface area contributed by atoms with E-state index >= 15 is 0 Å². The molecule has 0 saturated heterocycles. The fourth-order valence-electron chi connectivity index (χ4n) is 3.25. The van der Waals surface area contributed by atoms with Crippen molar-refractivity contribution in [1.29, 1.82) is 0 Å². The molecule has 1 N–H and O–H groups in total. The summed E-state index contributed by atoms with van der Waals surface area (Å²) in [5.74, 6) is 1.72. The molecule has 1 aromatic rings. The number of ether oxygens (including phenoxy) is 1. The molecule has 1 aliphatic carbocycles. The van der Waals surface area contributed by atoms with E-state index in [2.05, 4.69) is 43.4 Å². The zero-order valence-electron chi connectivity index (χ0n) is 13.7. The highest BCUT2D eigenvalue weighted by molar-refractivity contribution is 5.29. The Morgan fingerprint density at radius 1 is 1.05 bits per heavy atom. The lowest BCUT2D eigenvalue weighted by atomic mass is 9.90. The largest absolute Gasteiger partial charge is 0.494 e. The van der Waals surface area contributed by atoms with E-state index in [1.807, 2.05) is 0 Å². The Kier molecular flexibility index (Phi) is 7.08. The Morgan fingerprint density at radius 3 is 2.52 bits per heavy atom. The van der Waals surface area contributed by atoms with Gasteiger partial charge in [0.05, 0.1) is 6.61 Å². The lowest BCUT2D eigenvalue weighted by Crippen LogP contribution is -2.30. The lowest BCUT2D eigenvalue weighted by Gasteiger charge is -2.21. The van der Waals surface area contributed by atoms with Gasteiger partial charge >= 0.3 is 0 Å². The Balaban J connectivity index is 1.94. The van der Waals surface area contributed by atoms with Crippen LogP contribution in [0, 0.1) is 0 Å². The van der Waals surface area contributed by atoms with Crippen LogP contribution in [-0.4, -0.2) is 19.2 Å². The highest BCUT2D eigenvalue weighted by Gasteiger charge is 2.21. The van der Waals surface area contributed by atoms with E-state index in [9.17, 15) is 0 Å². The van der Waals surface area contributed by atoms with E-state index in [0.29, 0.717) is 12.0 Å². The second-order valence-electron chi connectivity index (χ2n) is 6.29. The summed E-state index contributed by atoms with van der Waals surface area (Å²) in [6.07, 6.45) is 8.99. The van der Waals surface area contributed by atoms with Crippen LogP contribution >= 0.6 is 0 Å². The highest BCUT2D eigenvalue weighted by Crippen LogP contribution is 2.32. The minimum atomic E-state index is 0.702. The molecule has 0 amide bonds. The maximum atomic E-state index is 5.68. The Morgan fingerprint density at radius 2 is 1.81 bits per heavy atom. The van der Waals surface area contributed by atoms with Crippen LogP contribution < -0.4 is 10.1 Å². The van der Waals surface area contributed by atoms with Gasteiger partial charge in [-0.05, 0) is 62.3 Å². The Bertz CT molecular complexity index is 387. The molecular weight excluding hydrogens is 258 g/mol. The van der Waals surface area contributed by atoms with Crippen molar-refractivity contribution in [2.24, 2.45) is 0 Å². The number of benzene rings is 1. The van der Waals surface area contributed by atoms with Gasteiger partial charge in [0.25, 0.3) is 0 Å². The summed E-state index contributed by atoms with van der Waals surface area (Å²) in [4.78, 5) is 0. The van der Waals surface area contributed by atoms with Crippen molar-refractivity contribution < 1.29 is 4.74 Å². The number of nitrogens with one attached hydrogen (secondary N) is 1. The van der Waals surface area contributed by atoms with Crippen LogP contribution in [0.2, 0.25) is 0 Å². The third kappa shape index (κ3) is 5.35. The van der Waals surface area contributed by atoms with Crippen molar-refractivity contribution in [3.8, 4) is 5.75 Å². The minimum Gasteiger partial charge on any atom is -0.494 e. The van der Waals surface area contributed by atoms with Crippen LogP contribution in [0.5, 0.6) is 5.75 Å². The van der Waals surface area contributed by atoms with Crippen molar-refractivity contribution in [2.75, 3.05) is 13.2 Å². The highest BCUT2D eigenvalue weighted by atomic mass is 16.5. The Labute approximate surface area is 130 Å². The first kappa shape index (κ1) is 16.4. The number of hydrogen-bond acceptors (Lipinski definition) is 2. The van der Waals surface area contributed by atoms with Gasteiger partial charge in [0.1, 0.15) is 5.75 Å². The predicted molar refractivity (Wildman–Crippen MR) is 90.1 cm³/mol. The van der Waals surface area contributed by atoms with Crippen LogP contribution in [0.1, 0.15) is 70.3 Å². The topological polar surface area (TPSA) is 21.3 Å². The second kappa shape index (κ2) is 9.09. The standard InChI is InChI=1S/C19H31NO/c1-3-13-20-18-8-6-5-7-17(15-18)16-9-11-19(12-10-16)21-14-4-2/h9-12,17-18,20H,3-8,13-15H2,1-2H3. The number of hydrogen-bond donors (Lipinski definition) is 1. The van der Waals surface area contributed by atoms with Gasteiger partial charge in [0, 0.05) is 6.04 Å². The van der Waals surface area contributed by atoms with Gasteiger partial charge in [0.2, 0.25) is 0 Å². The van der Waals surface area contributed by atoms with Crippen molar-refractivity contribution in [2.45, 2.75) is 70.8 Å². The Hall–Kier alpha value is -1.02. The van der Waals surface area contributed by atoms with E-state index in [4.69, 9.17) is 4.74 Å². The molecule has 1 aromatic carbocycles. The molecule has 2 atom stereocenters. The molecular formula is C19H31NO. The summed E-state index contributed by atoms with van der Waals surface area (Å²) >= 11 is 0. The maximum absolute atomic E-state index is 5.68. The fraction of sp³-hybridized carbons (Fsp3) is 0.684. The van der Waals surface area contributed by atoms with Crippen molar-refractivity contribution in [3.05, 3.63) is 29.8 Å². The van der Waals surface area contributed by atoms with E-state index in [0.717, 1.165) is 25.3 Å². The van der Waals surface area contributed by atoms with Gasteiger partial charge < -0.3 is 10.1 Å². The van der Waals surface area contributed by atoms with Crippen LogP contribution in [0.4, 0.5) is 0 Å². The van der Waals surface area contributed by atoms with Crippen LogP contribution in [0.15, 0.2) is 24.3 Å². The van der Waals surface area contributed by atoms with Crippen molar-refractivity contribution in [3.63, 3.8) is 0 Å². The van der Waals surface area contributed by atoms with Gasteiger partial charge in [-0.3, -0.25) is 0 Å². The third-order valence-corrected chi connectivity index (χ3v) is 4.43. The molecule has 0 radical (unpaired) electrons. The molecule has 2 nitrogen and oxygen atoms in total. The molecule has 118 valence electrons. The van der Waals surface area contributed by atoms with Gasteiger partial charge in [-0.15, -0.1) is 0 Å². The first-order valence-corrected chi connectivity index (χ1v) is 8.79. The van der Waals surface area contributed by atoms with Crippen molar-refractivity contribution >= 4 is 0 Å². The molecule has 2 rings (SSSR count). The minimum absolute atomic E-state index is 0.702. The molecule has 0 aliphatic heterocycles. The van der Waals surface area contributed by atoms with Gasteiger partial charge in [-0.1, -0.05) is 38.8 Å². The quantitative estimate of drug-likeness (QED) is 0.721. The smallest absolute Gasteiger partial charge is 0.119 e. The molecule has 0 heterocycles. The summed E-state index contributed by atoms with van der Waals surface area (Å²) in [6.45, 7) is 6.35. The summed E-state index contributed by atoms with van der Waals surface area (Å²) in [5.41, 5.74) is 1.49. The van der Waals surface area contributed by atoms with Gasteiger partial charge in [0.15, 0.2) is 0 Å². The second-order valence-corrected chi connectivity index (χ2v) is 6.29. The zero-order valence-corrected chi connectivity index (χ0v) is 13.7. The van der Waals surface area contributed by atoms with Gasteiger partial charge in [-0.25, -0.2) is 0 Å². The summed E-state index contributed by atoms with van der Waals surface area (Å²) < 4.78 is 5.68. The van der Waals surface area contributed by atoms with E-state index in [1.54, 1.807) is 0 Å². The van der Waals surface area contributed by atoms with E-state index in [1.165, 1.54) is 44.1 Å². The van der Waals surface area contributed by atoms with Crippen molar-refractivity contribution in [1.82, 2.24) is 5.32 Å². The molecule has 2 unspecified atom stereocenters. The molecule has 2 heteroatoms. The van der Waals surface area contributed by atoms with Crippen LogP contribution in [-0.2, 0) is 0 Å². The third-order valence-electron chi connectivity index (χ3n) is 4.43. The lowest BCUT2D eigenvalue weighted by molar-refractivity contribution is 0.317. The average Bonchev–Trinajstić information content (AvgIpc) is 2.77. The molecule has 0 spiro atoms. The van der Waals surface area contributed by atoms with Gasteiger partial charge in [-0.2, -0.15) is 0 Å². The average molecular weight is 289 g/mol. The van der Waals surface area contributed by atoms with E-state index < -0.39 is 0 Å². The summed E-state index contributed by atoms with van der Waals surface area (Å²) in [6, 6.07) is 9.54. The monoisotopic (exact) mass is 289 g/mol. The maximum Gasteiger partial charge on any atom is 0.119 e. The SMILES string of the molecule is CCCNC1CCCCC(c2ccc(OCCC)cc2)C1. The molecule has 21 heavy (non-hydrogen) atoms. The molecule has 0 bridgehead atoms. The summed E-state index contributed by atoms with van der Waals surface area (Å²) in [7, 11) is 0. The normalized spacial score (nSPS) is 22.8. The predicted octanol–water partition coefficient (Wildman–Crippen LogP) is 4.89. The number of rotatable bonds is 7. The first-order chi connectivity index (χ1) is 10.3. The fourth-order valence-corrected chi connectivity index (χ4v) is 3.25. The van der Waals surface area contributed by atoms with Crippen LogP contribution in [0.25, 0.3) is 0 Å². The molecule has 1 saturated carbocycles. The molecule has 1 fully saturated rings. The molecule has 0 aromatic heterocycles. The zero-order chi connectivity index (χ0) is 14.9. The van der Waals surface area contributed by atoms with Crippen LogP contribution in [0.3, 0.4) is 0 Å². The molecule has 1 aliphatic rings. The first-order valence-electron chi connectivity index (χ1n) is 8.79. The van der Waals surface area contributed by atoms with E-state index in [-0.39, 0.29) is 0 Å².